The van der Waals surface area contributed by atoms with E-state index in [1.54, 1.807) is 0 Å². The maximum Gasteiger partial charge on any atom is 0.243 e. The Balaban J connectivity index is 1.45. The van der Waals surface area contributed by atoms with Gasteiger partial charge in [-0.15, -0.1) is 0 Å². The van der Waals surface area contributed by atoms with Crippen LogP contribution in [0.3, 0.4) is 0 Å². The largest absolute Gasteiger partial charge is 0.493 e. The van der Waals surface area contributed by atoms with Crippen LogP contribution in [-0.4, -0.2) is 38.9 Å². The van der Waals surface area contributed by atoms with E-state index in [0.29, 0.717) is 37.9 Å². The van der Waals surface area contributed by atoms with Crippen LogP contribution in [0.4, 0.5) is 11.4 Å². The number of rotatable bonds is 13. The van der Waals surface area contributed by atoms with Crippen molar-refractivity contribution in [3.63, 3.8) is 0 Å². The Morgan fingerprint density at radius 2 is 1.66 bits per heavy atom. The van der Waals surface area contributed by atoms with E-state index in [9.17, 15) is 4.79 Å². The molecule has 32 heavy (non-hydrogen) atoms. The van der Waals surface area contributed by atoms with Gasteiger partial charge in [0.25, 0.3) is 0 Å². The molecule has 0 fully saturated rings. The second-order valence-electron chi connectivity index (χ2n) is 7.06. The molecule has 6 nitrogen and oxygen atoms in total. The average molecular weight is 435 g/mol. The fourth-order valence-electron chi connectivity index (χ4n) is 3.05. The summed E-state index contributed by atoms with van der Waals surface area (Å²) in [6.07, 6.45) is 0.840. The molecule has 0 spiro atoms. The maximum absolute atomic E-state index is 12.4. The number of carbonyl (C=O) groups is 1. The minimum atomic E-state index is -0.166. The summed E-state index contributed by atoms with van der Waals surface area (Å²) < 4.78 is 16.9. The van der Waals surface area contributed by atoms with Crippen molar-refractivity contribution in [2.24, 2.45) is 0 Å². The number of carbonyl (C=O) groups excluding carboxylic acids is 1. The number of hydrogen-bond acceptors (Lipinski definition) is 5. The minimum Gasteiger partial charge on any atom is -0.493 e. The minimum absolute atomic E-state index is 0.126. The quantitative estimate of drug-likeness (QED) is 0.379. The summed E-state index contributed by atoms with van der Waals surface area (Å²) in [5, 5.41) is 6.03. The van der Waals surface area contributed by atoms with Crippen LogP contribution < -0.4 is 20.1 Å². The molecule has 0 unspecified atom stereocenters. The first kappa shape index (κ1) is 23.2. The van der Waals surface area contributed by atoms with Crippen molar-refractivity contribution >= 4 is 17.3 Å². The van der Waals surface area contributed by atoms with Gasteiger partial charge in [0.15, 0.2) is 0 Å². The highest BCUT2D eigenvalue weighted by Crippen LogP contribution is 2.24. The molecule has 0 aromatic heterocycles. The van der Waals surface area contributed by atoms with Gasteiger partial charge >= 0.3 is 0 Å². The SMILES string of the molecule is CCOCCOc1ccccc1NC(=O)CNc1cccc(OCCc2ccccc2)c1. The third-order valence-electron chi connectivity index (χ3n) is 4.64. The zero-order chi connectivity index (χ0) is 22.4. The molecule has 6 heteroatoms. The van der Waals surface area contributed by atoms with Gasteiger partial charge in [0.05, 0.1) is 25.4 Å². The van der Waals surface area contributed by atoms with Crippen molar-refractivity contribution in [2.45, 2.75) is 13.3 Å². The molecule has 0 aliphatic heterocycles. The molecule has 0 aliphatic rings. The van der Waals surface area contributed by atoms with E-state index in [0.717, 1.165) is 17.9 Å². The van der Waals surface area contributed by atoms with E-state index in [1.807, 2.05) is 73.7 Å². The standard InChI is InChI=1S/C26H30N2O4/c1-2-30-17-18-32-25-14-7-6-13-24(25)28-26(29)20-27-22-11-8-12-23(19-22)31-16-15-21-9-4-3-5-10-21/h3-14,19,27H,2,15-18,20H2,1H3,(H,28,29). The lowest BCUT2D eigenvalue weighted by Gasteiger charge is -2.13. The van der Waals surface area contributed by atoms with Crippen LogP contribution in [0.25, 0.3) is 0 Å². The summed E-state index contributed by atoms with van der Waals surface area (Å²) >= 11 is 0. The first-order valence-corrected chi connectivity index (χ1v) is 10.8. The predicted molar refractivity (Wildman–Crippen MR) is 128 cm³/mol. The monoisotopic (exact) mass is 434 g/mol. The van der Waals surface area contributed by atoms with Crippen molar-refractivity contribution in [3.05, 3.63) is 84.4 Å². The Kier molecular flexibility index (Phi) is 9.42. The second kappa shape index (κ2) is 13.0. The first-order chi connectivity index (χ1) is 15.7. The van der Waals surface area contributed by atoms with Crippen molar-refractivity contribution in [2.75, 3.05) is 43.6 Å². The first-order valence-electron chi connectivity index (χ1n) is 10.8. The zero-order valence-electron chi connectivity index (χ0n) is 18.4. The lowest BCUT2D eigenvalue weighted by atomic mass is 10.2. The number of amides is 1. The van der Waals surface area contributed by atoms with Gasteiger partial charge in [-0.05, 0) is 36.8 Å². The van der Waals surface area contributed by atoms with Gasteiger partial charge in [0.2, 0.25) is 5.91 Å². The molecule has 0 bridgehead atoms. The smallest absolute Gasteiger partial charge is 0.243 e. The molecule has 0 aliphatic carbocycles. The molecule has 3 aromatic rings. The van der Waals surface area contributed by atoms with Gasteiger partial charge < -0.3 is 24.8 Å². The number of hydrogen-bond donors (Lipinski definition) is 2. The molecule has 168 valence electrons. The Morgan fingerprint density at radius 1 is 0.844 bits per heavy atom. The number of benzene rings is 3. The normalized spacial score (nSPS) is 10.4. The van der Waals surface area contributed by atoms with Crippen molar-refractivity contribution < 1.29 is 19.0 Å². The molecular formula is C26H30N2O4. The molecule has 1 amide bonds. The maximum atomic E-state index is 12.4. The topological polar surface area (TPSA) is 68.8 Å². The van der Waals surface area contributed by atoms with E-state index >= 15 is 0 Å². The lowest BCUT2D eigenvalue weighted by molar-refractivity contribution is -0.114. The van der Waals surface area contributed by atoms with Crippen LogP contribution in [0, 0.1) is 0 Å². The van der Waals surface area contributed by atoms with Gasteiger partial charge in [-0.3, -0.25) is 4.79 Å². The Hall–Kier alpha value is -3.51. The van der Waals surface area contributed by atoms with Crippen molar-refractivity contribution in [1.29, 1.82) is 0 Å². The van der Waals surface area contributed by atoms with Crippen LogP contribution in [0.5, 0.6) is 11.5 Å². The second-order valence-corrected chi connectivity index (χ2v) is 7.06. The fourth-order valence-corrected chi connectivity index (χ4v) is 3.05. The average Bonchev–Trinajstić information content (AvgIpc) is 2.82. The highest BCUT2D eigenvalue weighted by atomic mass is 16.5. The third kappa shape index (κ3) is 7.96. The van der Waals surface area contributed by atoms with E-state index in [-0.39, 0.29) is 12.5 Å². The lowest BCUT2D eigenvalue weighted by Crippen LogP contribution is -2.22. The fraction of sp³-hybridized carbons (Fsp3) is 0.269. The Morgan fingerprint density at radius 3 is 2.50 bits per heavy atom. The Labute approximate surface area is 189 Å². The Bertz CT molecular complexity index is 963. The van der Waals surface area contributed by atoms with Crippen LogP contribution in [-0.2, 0) is 16.0 Å². The number of para-hydroxylation sites is 2. The summed E-state index contributed by atoms with van der Waals surface area (Å²) in [5.41, 5.74) is 2.69. The number of nitrogens with one attached hydrogen (secondary N) is 2. The van der Waals surface area contributed by atoms with Gasteiger partial charge in [0, 0.05) is 24.8 Å². The summed E-state index contributed by atoms with van der Waals surface area (Å²) in [6, 6.07) is 25.2. The molecule has 0 saturated heterocycles. The summed E-state index contributed by atoms with van der Waals surface area (Å²) in [4.78, 5) is 12.4. The van der Waals surface area contributed by atoms with Gasteiger partial charge in [-0.25, -0.2) is 0 Å². The summed E-state index contributed by atoms with van der Waals surface area (Å²) in [7, 11) is 0. The van der Waals surface area contributed by atoms with Crippen LogP contribution in [0.15, 0.2) is 78.9 Å². The number of ether oxygens (including phenoxy) is 3. The summed E-state index contributed by atoms with van der Waals surface area (Å²) in [5.74, 6) is 1.22. The molecule has 0 radical (unpaired) electrons. The van der Waals surface area contributed by atoms with Crippen LogP contribution in [0.1, 0.15) is 12.5 Å². The van der Waals surface area contributed by atoms with Gasteiger partial charge in [0.1, 0.15) is 18.1 Å². The van der Waals surface area contributed by atoms with Crippen LogP contribution in [0.2, 0.25) is 0 Å². The van der Waals surface area contributed by atoms with Crippen molar-refractivity contribution in [3.8, 4) is 11.5 Å². The molecular weight excluding hydrogens is 404 g/mol. The van der Waals surface area contributed by atoms with Crippen LogP contribution >= 0.6 is 0 Å². The van der Waals surface area contributed by atoms with E-state index in [4.69, 9.17) is 14.2 Å². The highest BCUT2D eigenvalue weighted by Gasteiger charge is 2.08. The van der Waals surface area contributed by atoms with E-state index in [2.05, 4.69) is 22.8 Å². The summed E-state index contributed by atoms with van der Waals surface area (Å²) in [6.45, 7) is 4.23. The molecule has 3 rings (SSSR count). The van der Waals surface area contributed by atoms with Gasteiger partial charge in [-0.2, -0.15) is 0 Å². The third-order valence-corrected chi connectivity index (χ3v) is 4.64. The predicted octanol–water partition coefficient (Wildman–Crippen LogP) is 4.77. The molecule has 0 heterocycles. The molecule has 3 aromatic carbocycles. The highest BCUT2D eigenvalue weighted by molar-refractivity contribution is 5.95. The van der Waals surface area contributed by atoms with Gasteiger partial charge in [-0.1, -0.05) is 48.5 Å². The van der Waals surface area contributed by atoms with Crippen molar-refractivity contribution in [1.82, 2.24) is 0 Å². The zero-order valence-corrected chi connectivity index (χ0v) is 18.4. The molecule has 0 saturated carbocycles. The molecule has 0 atom stereocenters. The number of anilines is 2. The van der Waals surface area contributed by atoms with E-state index in [1.165, 1.54) is 5.56 Å². The molecule has 2 N–H and O–H groups in total. The van der Waals surface area contributed by atoms with E-state index < -0.39 is 0 Å².